The Morgan fingerprint density at radius 2 is 1.77 bits per heavy atom. The first-order chi connectivity index (χ1) is 12.5. The van der Waals surface area contributed by atoms with Gasteiger partial charge in [0.25, 0.3) is 5.91 Å². The van der Waals surface area contributed by atoms with Gasteiger partial charge in [-0.25, -0.2) is 8.78 Å². The number of halogens is 2. The molecular weight excluding hydrogens is 340 g/mol. The molecule has 0 unspecified atom stereocenters. The number of piperazine rings is 1. The highest BCUT2D eigenvalue weighted by molar-refractivity contribution is 5.96. The molecule has 0 aromatic heterocycles. The average Bonchev–Trinajstić information content (AvgIpc) is 2.68. The molecule has 132 valence electrons. The number of rotatable bonds is 3. The third-order valence-corrected chi connectivity index (χ3v) is 4.38. The van der Waals surface area contributed by atoms with Crippen LogP contribution in [-0.2, 0) is 0 Å². The van der Waals surface area contributed by atoms with Gasteiger partial charge in [-0.05, 0) is 18.2 Å². The van der Waals surface area contributed by atoms with E-state index in [2.05, 4.69) is 6.07 Å². The number of hydrogen-bond donors (Lipinski definition) is 0. The van der Waals surface area contributed by atoms with E-state index < -0.39 is 17.5 Å². The van der Waals surface area contributed by atoms with Crippen LogP contribution in [0.25, 0.3) is 0 Å². The minimum atomic E-state index is -0.994. The Hall–Kier alpha value is -3.27. The van der Waals surface area contributed by atoms with Gasteiger partial charge in [0.15, 0.2) is 6.29 Å². The molecule has 2 aromatic rings. The Kier molecular flexibility index (Phi) is 4.94. The number of nitriles is 1. The number of carbonyl (C=O) groups excluding carboxylic acids is 2. The molecule has 0 N–H and O–H groups in total. The summed E-state index contributed by atoms with van der Waals surface area (Å²) in [7, 11) is 0. The Balaban J connectivity index is 1.75. The summed E-state index contributed by atoms with van der Waals surface area (Å²) in [6.07, 6.45) is 0.252. The van der Waals surface area contributed by atoms with Gasteiger partial charge in [-0.1, -0.05) is 12.1 Å². The lowest BCUT2D eigenvalue weighted by molar-refractivity contribution is 0.0742. The van der Waals surface area contributed by atoms with Crippen molar-refractivity contribution in [3.63, 3.8) is 0 Å². The van der Waals surface area contributed by atoms with Crippen LogP contribution >= 0.6 is 0 Å². The molecule has 0 atom stereocenters. The number of amides is 1. The second-order valence-corrected chi connectivity index (χ2v) is 5.88. The van der Waals surface area contributed by atoms with Crippen molar-refractivity contribution >= 4 is 17.9 Å². The monoisotopic (exact) mass is 355 g/mol. The summed E-state index contributed by atoms with van der Waals surface area (Å²) in [5.41, 5.74) is 0.668. The molecule has 1 saturated heterocycles. The van der Waals surface area contributed by atoms with Gasteiger partial charge in [0.05, 0.1) is 22.4 Å². The number of benzene rings is 2. The van der Waals surface area contributed by atoms with Gasteiger partial charge in [-0.15, -0.1) is 0 Å². The standard InChI is InChI=1S/C19H15F2N3O2/c20-16-10-17(21)15(9-14(16)12-25)19(26)24-7-5-23(6-8-24)18-4-2-1-3-13(18)11-22/h1-4,9-10,12H,5-8H2. The first-order valence-electron chi connectivity index (χ1n) is 8.02. The van der Waals surface area contributed by atoms with Crippen LogP contribution in [0.3, 0.4) is 0 Å². The summed E-state index contributed by atoms with van der Waals surface area (Å²) < 4.78 is 27.4. The largest absolute Gasteiger partial charge is 0.367 e. The number of carbonyl (C=O) groups is 2. The maximum Gasteiger partial charge on any atom is 0.256 e. The topological polar surface area (TPSA) is 64.4 Å². The van der Waals surface area contributed by atoms with Gasteiger partial charge in [-0.3, -0.25) is 9.59 Å². The lowest BCUT2D eigenvalue weighted by Gasteiger charge is -2.36. The highest BCUT2D eigenvalue weighted by Gasteiger charge is 2.26. The molecule has 0 saturated carbocycles. The molecule has 1 aliphatic rings. The molecule has 2 aromatic carbocycles. The van der Waals surface area contributed by atoms with Gasteiger partial charge in [0.1, 0.15) is 17.7 Å². The third-order valence-electron chi connectivity index (χ3n) is 4.38. The molecule has 5 nitrogen and oxygen atoms in total. The zero-order valence-electron chi connectivity index (χ0n) is 13.8. The molecule has 26 heavy (non-hydrogen) atoms. The molecule has 1 amide bonds. The summed E-state index contributed by atoms with van der Waals surface area (Å²) in [6.45, 7) is 1.61. The van der Waals surface area contributed by atoms with Crippen molar-refractivity contribution in [3.8, 4) is 6.07 Å². The number of aldehydes is 1. The first kappa shape index (κ1) is 17.5. The van der Waals surface area contributed by atoms with Gasteiger partial charge in [0, 0.05) is 32.2 Å². The third kappa shape index (κ3) is 3.26. The molecule has 1 heterocycles. The molecule has 0 bridgehead atoms. The van der Waals surface area contributed by atoms with E-state index in [-0.39, 0.29) is 17.4 Å². The van der Waals surface area contributed by atoms with E-state index in [1.54, 1.807) is 12.1 Å². The molecule has 0 spiro atoms. The second kappa shape index (κ2) is 7.31. The molecule has 1 fully saturated rings. The predicted molar refractivity (Wildman–Crippen MR) is 91.0 cm³/mol. The van der Waals surface area contributed by atoms with Crippen molar-refractivity contribution in [1.82, 2.24) is 4.90 Å². The highest BCUT2D eigenvalue weighted by Crippen LogP contribution is 2.22. The van der Waals surface area contributed by atoms with Gasteiger partial charge in [-0.2, -0.15) is 5.26 Å². The lowest BCUT2D eigenvalue weighted by atomic mass is 10.1. The summed E-state index contributed by atoms with van der Waals surface area (Å²) in [4.78, 5) is 26.8. The molecule has 0 radical (unpaired) electrons. The first-order valence-corrected chi connectivity index (χ1v) is 8.02. The van der Waals surface area contributed by atoms with E-state index in [0.29, 0.717) is 37.8 Å². The maximum atomic E-state index is 14.0. The molecule has 0 aliphatic carbocycles. The SMILES string of the molecule is N#Cc1ccccc1N1CCN(C(=O)c2cc(C=O)c(F)cc2F)CC1. The predicted octanol–water partition coefficient (Wildman–Crippen LogP) is 2.61. The van der Waals surface area contributed by atoms with E-state index in [4.69, 9.17) is 0 Å². The Morgan fingerprint density at radius 1 is 1.08 bits per heavy atom. The smallest absolute Gasteiger partial charge is 0.256 e. The highest BCUT2D eigenvalue weighted by atomic mass is 19.1. The summed E-state index contributed by atoms with van der Waals surface area (Å²) in [5, 5.41) is 9.20. The Labute approximate surface area is 149 Å². The normalized spacial score (nSPS) is 14.0. The lowest BCUT2D eigenvalue weighted by Crippen LogP contribution is -2.49. The van der Waals surface area contributed by atoms with Crippen LogP contribution in [0.15, 0.2) is 36.4 Å². The fourth-order valence-electron chi connectivity index (χ4n) is 2.98. The minimum absolute atomic E-state index is 0.252. The van der Waals surface area contributed by atoms with E-state index in [1.807, 2.05) is 17.0 Å². The van der Waals surface area contributed by atoms with E-state index >= 15 is 0 Å². The van der Waals surface area contributed by atoms with Crippen molar-refractivity contribution in [2.45, 2.75) is 0 Å². The number of para-hydroxylation sites is 1. The van der Waals surface area contributed by atoms with Crippen LogP contribution in [0.5, 0.6) is 0 Å². The molecule has 7 heteroatoms. The fourth-order valence-corrected chi connectivity index (χ4v) is 2.98. The van der Waals surface area contributed by atoms with Crippen molar-refractivity contribution < 1.29 is 18.4 Å². The zero-order valence-corrected chi connectivity index (χ0v) is 13.8. The maximum absolute atomic E-state index is 14.0. The molecule has 3 rings (SSSR count). The number of hydrogen-bond acceptors (Lipinski definition) is 4. The van der Waals surface area contributed by atoms with E-state index in [1.165, 1.54) is 4.90 Å². The molecular formula is C19H15F2N3O2. The van der Waals surface area contributed by atoms with Crippen molar-refractivity contribution in [2.75, 3.05) is 31.1 Å². The van der Waals surface area contributed by atoms with Crippen molar-refractivity contribution in [1.29, 1.82) is 5.26 Å². The van der Waals surface area contributed by atoms with Gasteiger partial charge < -0.3 is 9.80 Å². The zero-order chi connectivity index (χ0) is 18.7. The summed E-state index contributed by atoms with van der Waals surface area (Å²) >= 11 is 0. The van der Waals surface area contributed by atoms with Crippen LogP contribution in [0.2, 0.25) is 0 Å². The van der Waals surface area contributed by atoms with Crippen molar-refractivity contribution in [2.24, 2.45) is 0 Å². The van der Waals surface area contributed by atoms with E-state index in [0.717, 1.165) is 11.8 Å². The van der Waals surface area contributed by atoms with Gasteiger partial charge in [0.2, 0.25) is 0 Å². The Bertz CT molecular complexity index is 900. The summed E-state index contributed by atoms with van der Waals surface area (Å²) in [5.74, 6) is -2.57. The Morgan fingerprint density at radius 3 is 2.42 bits per heavy atom. The van der Waals surface area contributed by atoms with Crippen LogP contribution in [0.4, 0.5) is 14.5 Å². The fraction of sp³-hybridized carbons (Fsp3) is 0.211. The van der Waals surface area contributed by atoms with Crippen LogP contribution in [0, 0.1) is 23.0 Å². The van der Waals surface area contributed by atoms with Crippen molar-refractivity contribution in [3.05, 3.63) is 64.7 Å². The number of anilines is 1. The van der Waals surface area contributed by atoms with Crippen LogP contribution < -0.4 is 4.90 Å². The average molecular weight is 355 g/mol. The minimum Gasteiger partial charge on any atom is -0.367 e. The quantitative estimate of drug-likeness (QED) is 0.794. The molecule has 1 aliphatic heterocycles. The van der Waals surface area contributed by atoms with Crippen LogP contribution in [-0.4, -0.2) is 43.3 Å². The van der Waals surface area contributed by atoms with Gasteiger partial charge >= 0.3 is 0 Å². The second-order valence-electron chi connectivity index (χ2n) is 5.88. The van der Waals surface area contributed by atoms with Crippen LogP contribution in [0.1, 0.15) is 26.3 Å². The number of nitrogens with zero attached hydrogens (tertiary/aromatic N) is 3. The van der Waals surface area contributed by atoms with E-state index in [9.17, 15) is 23.6 Å². The summed E-state index contributed by atoms with van der Waals surface area (Å²) in [6, 6.07) is 10.8.